The molecule has 1 aromatic heterocycles. The Morgan fingerprint density at radius 2 is 1.67 bits per heavy atom. The van der Waals surface area contributed by atoms with Gasteiger partial charge in [-0.3, -0.25) is 13.9 Å². The van der Waals surface area contributed by atoms with Gasteiger partial charge in [-0.1, -0.05) is 6.07 Å². The SMILES string of the molecule is NC(=O)c1cc2cc(CP(=O)(OCOC3CCOCC3)C(=O)OC(=O)OC3CCOCC3)ccc2s1. The number of thiophene rings is 1. The molecule has 1 aromatic carbocycles. The van der Waals surface area contributed by atoms with Crippen molar-refractivity contribution in [2.24, 2.45) is 5.73 Å². The van der Waals surface area contributed by atoms with E-state index in [4.69, 9.17) is 33.9 Å². The fourth-order valence-corrected chi connectivity index (χ4v) is 6.21. The van der Waals surface area contributed by atoms with Gasteiger partial charge in [0.15, 0.2) is 6.79 Å². The quantitative estimate of drug-likeness (QED) is 0.209. The average molecular weight is 542 g/mol. The zero-order valence-electron chi connectivity index (χ0n) is 19.6. The van der Waals surface area contributed by atoms with Crippen molar-refractivity contribution in [2.45, 2.75) is 44.1 Å². The van der Waals surface area contributed by atoms with E-state index in [1.54, 1.807) is 24.3 Å². The maximum atomic E-state index is 13.7. The first-order chi connectivity index (χ1) is 17.3. The number of hydrogen-bond acceptors (Lipinski definition) is 11. The van der Waals surface area contributed by atoms with Gasteiger partial charge >= 0.3 is 19.2 Å². The minimum atomic E-state index is -4.23. The highest BCUT2D eigenvalue weighted by molar-refractivity contribution is 7.75. The third-order valence-corrected chi connectivity index (χ3v) is 8.91. The van der Waals surface area contributed by atoms with Crippen molar-refractivity contribution in [1.29, 1.82) is 0 Å². The average Bonchev–Trinajstić information content (AvgIpc) is 3.29. The molecule has 2 N–H and O–H groups in total. The summed E-state index contributed by atoms with van der Waals surface area (Å²) in [6.45, 7) is 1.52. The van der Waals surface area contributed by atoms with Crippen LogP contribution in [0.4, 0.5) is 9.59 Å². The summed E-state index contributed by atoms with van der Waals surface area (Å²) in [6.07, 6.45) is 0.0622. The number of ether oxygens (including phenoxy) is 5. The minimum Gasteiger partial charge on any atom is -0.430 e. The molecule has 36 heavy (non-hydrogen) atoms. The van der Waals surface area contributed by atoms with Crippen molar-refractivity contribution < 1.29 is 47.2 Å². The zero-order chi connectivity index (χ0) is 25.5. The molecule has 0 aliphatic carbocycles. The van der Waals surface area contributed by atoms with Crippen LogP contribution in [-0.4, -0.2) is 63.2 Å². The Labute approximate surface area is 211 Å². The van der Waals surface area contributed by atoms with Crippen LogP contribution < -0.4 is 5.73 Å². The third-order valence-electron chi connectivity index (χ3n) is 5.83. The summed E-state index contributed by atoms with van der Waals surface area (Å²) in [7, 11) is -4.23. The number of carbonyl (C=O) groups excluding carboxylic acids is 3. The van der Waals surface area contributed by atoms with Gasteiger partial charge in [0.1, 0.15) is 6.10 Å². The van der Waals surface area contributed by atoms with Crippen LogP contribution in [0.2, 0.25) is 0 Å². The number of amides is 1. The number of primary amides is 1. The molecule has 13 heteroatoms. The van der Waals surface area contributed by atoms with Crippen molar-refractivity contribution >= 4 is 46.6 Å². The summed E-state index contributed by atoms with van der Waals surface area (Å²) in [5.41, 5.74) is 4.53. The lowest BCUT2D eigenvalue weighted by molar-refractivity contribution is -0.0791. The van der Waals surface area contributed by atoms with Crippen molar-refractivity contribution in [3.05, 3.63) is 34.7 Å². The van der Waals surface area contributed by atoms with Crippen LogP contribution in [0.5, 0.6) is 0 Å². The van der Waals surface area contributed by atoms with Crippen molar-refractivity contribution in [3.63, 3.8) is 0 Å². The lowest BCUT2D eigenvalue weighted by Gasteiger charge is -2.24. The van der Waals surface area contributed by atoms with Gasteiger partial charge in [-0.15, -0.1) is 11.3 Å². The molecule has 1 unspecified atom stereocenters. The first-order valence-corrected chi connectivity index (χ1v) is 14.2. The summed E-state index contributed by atoms with van der Waals surface area (Å²) in [6, 6.07) is 6.69. The van der Waals surface area contributed by atoms with Gasteiger partial charge in [0.05, 0.1) is 30.4 Å². The topological polar surface area (TPSA) is 150 Å². The predicted molar refractivity (Wildman–Crippen MR) is 129 cm³/mol. The van der Waals surface area contributed by atoms with E-state index in [0.29, 0.717) is 67.9 Å². The molecule has 1 atom stereocenters. The Kier molecular flexibility index (Phi) is 9.10. The first-order valence-electron chi connectivity index (χ1n) is 11.6. The van der Waals surface area contributed by atoms with Crippen molar-refractivity contribution in [3.8, 4) is 0 Å². The summed E-state index contributed by atoms with van der Waals surface area (Å²) < 4.78 is 46.0. The van der Waals surface area contributed by atoms with Gasteiger partial charge in [0.2, 0.25) is 0 Å². The highest BCUT2D eigenvalue weighted by Gasteiger charge is 2.38. The van der Waals surface area contributed by atoms with Crippen LogP contribution in [0.25, 0.3) is 10.1 Å². The fourth-order valence-electron chi connectivity index (χ4n) is 3.87. The van der Waals surface area contributed by atoms with E-state index in [0.717, 1.165) is 4.70 Å². The molecule has 2 aromatic rings. The first kappa shape index (κ1) is 26.7. The third kappa shape index (κ3) is 7.12. The molecule has 0 saturated carbocycles. The largest absolute Gasteiger partial charge is 0.516 e. The second kappa shape index (κ2) is 12.3. The maximum absolute atomic E-state index is 13.7. The second-order valence-corrected chi connectivity index (χ2v) is 11.8. The van der Waals surface area contributed by atoms with E-state index < -0.39 is 38.0 Å². The van der Waals surface area contributed by atoms with E-state index in [1.165, 1.54) is 11.3 Å². The molecule has 2 aliphatic rings. The molecule has 0 spiro atoms. The molecule has 4 rings (SSSR count). The molecular formula is C23H28NO10PS. The van der Waals surface area contributed by atoms with E-state index in [2.05, 4.69) is 0 Å². The standard InChI is InChI=1S/C23H28NO10PS/c24-21(25)20-12-16-11-15(1-2-19(16)36-20)13-35(28,32-14-31-17-3-7-29-8-4-17)23(27)34-22(26)33-18-5-9-30-10-6-18/h1-2,11-12,17-18H,3-10,13-14H2,(H2,24,25). The van der Waals surface area contributed by atoms with Crippen molar-refractivity contribution in [1.82, 2.24) is 0 Å². The van der Waals surface area contributed by atoms with E-state index in [1.807, 2.05) is 0 Å². The van der Waals surface area contributed by atoms with E-state index >= 15 is 0 Å². The summed E-state index contributed by atoms with van der Waals surface area (Å²) in [4.78, 5) is 37.0. The Morgan fingerprint density at radius 1 is 1.00 bits per heavy atom. The van der Waals surface area contributed by atoms with Gasteiger partial charge in [-0.25, -0.2) is 9.59 Å². The van der Waals surface area contributed by atoms with Gasteiger partial charge < -0.3 is 29.4 Å². The van der Waals surface area contributed by atoms with Crippen LogP contribution in [0.3, 0.4) is 0 Å². The molecule has 196 valence electrons. The summed E-state index contributed by atoms with van der Waals surface area (Å²) in [5.74, 6) is -0.552. The van der Waals surface area contributed by atoms with Crippen LogP contribution in [-0.2, 0) is 38.9 Å². The molecule has 11 nitrogen and oxygen atoms in total. The van der Waals surface area contributed by atoms with Crippen LogP contribution in [0, 0.1) is 0 Å². The van der Waals surface area contributed by atoms with Gasteiger partial charge in [0, 0.05) is 30.8 Å². The number of hydrogen-bond donors (Lipinski definition) is 1. The molecule has 0 bridgehead atoms. The number of fused-ring (bicyclic) bond motifs is 1. The molecule has 2 saturated heterocycles. The smallest absolute Gasteiger partial charge is 0.430 e. The Hall–Kier alpha value is -2.34. The van der Waals surface area contributed by atoms with Crippen LogP contribution in [0.1, 0.15) is 40.9 Å². The van der Waals surface area contributed by atoms with Crippen molar-refractivity contribution in [2.75, 3.05) is 33.2 Å². The second-order valence-electron chi connectivity index (χ2n) is 8.45. The Bertz CT molecular complexity index is 1140. The molecular weight excluding hydrogens is 513 g/mol. The number of nitrogens with two attached hydrogens (primary N) is 1. The molecule has 1 amide bonds. The normalized spacial score (nSPS) is 19.0. The Morgan fingerprint density at radius 3 is 2.33 bits per heavy atom. The summed E-state index contributed by atoms with van der Waals surface area (Å²) in [5, 5.41) is 0.698. The van der Waals surface area contributed by atoms with Crippen LogP contribution in [0.15, 0.2) is 24.3 Å². The lowest BCUT2D eigenvalue weighted by Crippen LogP contribution is -2.27. The van der Waals surface area contributed by atoms with Gasteiger partial charge in [0.25, 0.3) is 5.91 Å². The molecule has 3 heterocycles. The van der Waals surface area contributed by atoms with Gasteiger partial charge in [-0.05, 0) is 42.0 Å². The number of benzene rings is 1. The maximum Gasteiger partial charge on any atom is 0.516 e. The fraction of sp³-hybridized carbons (Fsp3) is 0.522. The zero-order valence-corrected chi connectivity index (χ0v) is 21.3. The molecule has 0 radical (unpaired) electrons. The summed E-state index contributed by atoms with van der Waals surface area (Å²) >= 11 is 1.23. The monoisotopic (exact) mass is 541 g/mol. The number of carbonyl (C=O) groups is 3. The van der Waals surface area contributed by atoms with Gasteiger partial charge in [-0.2, -0.15) is 0 Å². The molecule has 2 aliphatic heterocycles. The van der Waals surface area contributed by atoms with Crippen LogP contribution >= 0.6 is 18.7 Å². The van der Waals surface area contributed by atoms with E-state index in [-0.39, 0.29) is 12.3 Å². The number of rotatable bonds is 9. The lowest BCUT2D eigenvalue weighted by atomic mass is 10.2. The molecule has 2 fully saturated rings. The predicted octanol–water partition coefficient (Wildman–Crippen LogP) is 4.40. The highest BCUT2D eigenvalue weighted by atomic mass is 32.1. The Balaban J connectivity index is 1.46. The highest BCUT2D eigenvalue weighted by Crippen LogP contribution is 2.52. The minimum absolute atomic E-state index is 0.156. The van der Waals surface area contributed by atoms with E-state index in [9.17, 15) is 18.9 Å².